The summed E-state index contributed by atoms with van der Waals surface area (Å²) < 4.78 is 0. The van der Waals surface area contributed by atoms with Crippen LogP contribution in [0.5, 0.6) is 0 Å². The van der Waals surface area contributed by atoms with Crippen molar-refractivity contribution in [2.45, 2.75) is 20.4 Å². The number of nitrogens with two attached hydrogens (primary N) is 1. The first-order chi connectivity index (χ1) is 9.51. The van der Waals surface area contributed by atoms with Crippen molar-refractivity contribution in [2.24, 2.45) is 5.73 Å². The second-order valence-corrected chi connectivity index (χ2v) is 4.70. The van der Waals surface area contributed by atoms with E-state index in [2.05, 4.69) is 10.3 Å². The number of benzene rings is 1. The van der Waals surface area contributed by atoms with Crippen LogP contribution in [0.25, 0.3) is 0 Å². The number of nitrogens with one attached hydrogen (secondary N) is 2. The molecule has 0 unspecified atom stereocenters. The van der Waals surface area contributed by atoms with Crippen molar-refractivity contribution in [1.29, 1.82) is 0 Å². The smallest absolute Gasteiger partial charge is 0.261 e. The van der Waals surface area contributed by atoms with Gasteiger partial charge in [0, 0.05) is 30.2 Å². The van der Waals surface area contributed by atoms with E-state index in [1.807, 2.05) is 25.1 Å². The van der Waals surface area contributed by atoms with Gasteiger partial charge in [-0.2, -0.15) is 0 Å². The first-order valence-corrected chi connectivity index (χ1v) is 6.31. The number of aromatic nitrogens is 1. The zero-order valence-corrected chi connectivity index (χ0v) is 11.5. The average molecular weight is 271 g/mol. The van der Waals surface area contributed by atoms with Crippen molar-refractivity contribution in [2.75, 3.05) is 5.32 Å². The summed E-state index contributed by atoms with van der Waals surface area (Å²) in [6, 6.07) is 7.01. The van der Waals surface area contributed by atoms with Gasteiger partial charge < -0.3 is 16.0 Å². The van der Waals surface area contributed by atoms with Gasteiger partial charge in [0.1, 0.15) is 5.56 Å². The number of aromatic amines is 1. The Morgan fingerprint density at radius 3 is 2.70 bits per heavy atom. The van der Waals surface area contributed by atoms with E-state index in [1.54, 1.807) is 6.92 Å². The molecule has 1 heterocycles. The molecular weight excluding hydrogens is 254 g/mol. The fourth-order valence-corrected chi connectivity index (χ4v) is 1.87. The number of H-pyrrole nitrogens is 1. The van der Waals surface area contributed by atoms with Crippen molar-refractivity contribution in [1.82, 2.24) is 4.98 Å². The zero-order valence-electron chi connectivity index (χ0n) is 11.5. The summed E-state index contributed by atoms with van der Waals surface area (Å²) in [5.74, 6) is -0.427. The topological polar surface area (TPSA) is 88.0 Å². The Morgan fingerprint density at radius 2 is 2.05 bits per heavy atom. The third-order valence-electron chi connectivity index (χ3n) is 3.09. The van der Waals surface area contributed by atoms with E-state index in [1.165, 1.54) is 12.3 Å². The lowest BCUT2D eigenvalue weighted by molar-refractivity contribution is 0.102. The molecule has 0 spiro atoms. The maximum Gasteiger partial charge on any atom is 0.261 e. The molecule has 0 saturated carbocycles. The summed E-state index contributed by atoms with van der Waals surface area (Å²) in [6.45, 7) is 4.04. The van der Waals surface area contributed by atoms with Gasteiger partial charge in [-0.1, -0.05) is 12.1 Å². The van der Waals surface area contributed by atoms with Crippen LogP contribution in [0.3, 0.4) is 0 Å². The fourth-order valence-electron chi connectivity index (χ4n) is 1.87. The number of hydrogen-bond donors (Lipinski definition) is 3. The molecule has 2 aromatic rings. The molecule has 2 rings (SSSR count). The summed E-state index contributed by atoms with van der Waals surface area (Å²) >= 11 is 0. The fraction of sp³-hybridized carbons (Fsp3) is 0.200. The first kappa shape index (κ1) is 14.0. The molecule has 0 saturated heterocycles. The largest absolute Gasteiger partial charge is 0.364 e. The van der Waals surface area contributed by atoms with Crippen molar-refractivity contribution < 1.29 is 4.79 Å². The van der Waals surface area contributed by atoms with Crippen LogP contribution in [0, 0.1) is 13.8 Å². The quantitative estimate of drug-likeness (QED) is 0.794. The minimum Gasteiger partial charge on any atom is -0.364 e. The number of carbonyl (C=O) groups is 1. The maximum absolute atomic E-state index is 12.1. The van der Waals surface area contributed by atoms with Crippen molar-refractivity contribution in [3.05, 3.63) is 63.1 Å². The summed E-state index contributed by atoms with van der Waals surface area (Å²) in [7, 11) is 0. The average Bonchev–Trinajstić information content (AvgIpc) is 2.41. The standard InChI is InChI=1S/C15H17N3O2/c1-9-3-4-11(7-16)6-13(9)18-15(20)12-8-17-10(2)5-14(12)19/h3-6,8H,7,16H2,1-2H3,(H,17,19)(H,18,20). The monoisotopic (exact) mass is 271 g/mol. The lowest BCUT2D eigenvalue weighted by Crippen LogP contribution is -2.22. The molecule has 4 N–H and O–H groups in total. The molecule has 1 aromatic heterocycles. The zero-order chi connectivity index (χ0) is 14.7. The van der Waals surface area contributed by atoms with E-state index in [0.29, 0.717) is 17.9 Å². The van der Waals surface area contributed by atoms with E-state index in [0.717, 1.165) is 11.1 Å². The number of anilines is 1. The van der Waals surface area contributed by atoms with E-state index in [9.17, 15) is 9.59 Å². The molecule has 104 valence electrons. The van der Waals surface area contributed by atoms with Gasteiger partial charge in [0.05, 0.1) is 0 Å². The Morgan fingerprint density at radius 1 is 1.30 bits per heavy atom. The molecule has 1 aromatic carbocycles. The van der Waals surface area contributed by atoms with Crippen LogP contribution in [0.15, 0.2) is 35.3 Å². The molecule has 0 atom stereocenters. The van der Waals surface area contributed by atoms with Gasteiger partial charge in [0.25, 0.3) is 5.91 Å². The summed E-state index contributed by atoms with van der Waals surface area (Å²) in [4.78, 5) is 26.8. The van der Waals surface area contributed by atoms with Crippen LogP contribution < -0.4 is 16.5 Å². The summed E-state index contributed by atoms with van der Waals surface area (Å²) in [6.07, 6.45) is 1.43. The second-order valence-electron chi connectivity index (χ2n) is 4.70. The minimum absolute atomic E-state index is 0.0909. The highest BCUT2D eigenvalue weighted by Gasteiger charge is 2.11. The number of rotatable bonds is 3. The van der Waals surface area contributed by atoms with Crippen LogP contribution in [0.2, 0.25) is 0 Å². The SMILES string of the molecule is Cc1cc(=O)c(C(=O)Nc2cc(CN)ccc2C)c[nH]1. The van der Waals surface area contributed by atoms with Crippen molar-refractivity contribution in [3.63, 3.8) is 0 Å². The molecule has 5 heteroatoms. The van der Waals surface area contributed by atoms with Crippen molar-refractivity contribution in [3.8, 4) is 0 Å². The van der Waals surface area contributed by atoms with Crippen LogP contribution in [0.1, 0.15) is 27.2 Å². The molecule has 20 heavy (non-hydrogen) atoms. The molecule has 1 amide bonds. The Balaban J connectivity index is 2.30. The Labute approximate surface area is 116 Å². The number of amides is 1. The summed E-state index contributed by atoms with van der Waals surface area (Å²) in [5.41, 5.74) is 8.59. The normalized spacial score (nSPS) is 10.3. The predicted molar refractivity (Wildman–Crippen MR) is 78.8 cm³/mol. The van der Waals surface area contributed by atoms with Crippen LogP contribution in [0.4, 0.5) is 5.69 Å². The Bertz CT molecular complexity index is 705. The van der Waals surface area contributed by atoms with Gasteiger partial charge in [-0.25, -0.2) is 0 Å². The third kappa shape index (κ3) is 2.95. The molecule has 0 aliphatic rings. The van der Waals surface area contributed by atoms with Gasteiger partial charge in [-0.15, -0.1) is 0 Å². The van der Waals surface area contributed by atoms with Gasteiger partial charge in [0.15, 0.2) is 5.43 Å². The van der Waals surface area contributed by atoms with Gasteiger partial charge in [-0.05, 0) is 31.0 Å². The number of pyridine rings is 1. The van der Waals surface area contributed by atoms with Crippen LogP contribution in [-0.4, -0.2) is 10.9 Å². The highest BCUT2D eigenvalue weighted by atomic mass is 16.2. The molecule has 0 fully saturated rings. The lowest BCUT2D eigenvalue weighted by Gasteiger charge is -2.10. The lowest BCUT2D eigenvalue weighted by atomic mass is 10.1. The van der Waals surface area contributed by atoms with Crippen LogP contribution in [-0.2, 0) is 6.54 Å². The molecule has 0 radical (unpaired) electrons. The van der Waals surface area contributed by atoms with E-state index in [-0.39, 0.29) is 11.0 Å². The maximum atomic E-state index is 12.1. The highest BCUT2D eigenvalue weighted by Crippen LogP contribution is 2.17. The second kappa shape index (κ2) is 5.71. The molecular formula is C15H17N3O2. The molecule has 0 aliphatic carbocycles. The highest BCUT2D eigenvalue weighted by molar-refractivity contribution is 6.04. The first-order valence-electron chi connectivity index (χ1n) is 6.31. The van der Waals surface area contributed by atoms with Crippen molar-refractivity contribution >= 4 is 11.6 Å². The molecule has 0 bridgehead atoms. The minimum atomic E-state index is -0.427. The number of aryl methyl sites for hydroxylation is 2. The number of carbonyl (C=O) groups excluding carboxylic acids is 1. The van der Waals surface area contributed by atoms with E-state index < -0.39 is 5.91 Å². The Kier molecular flexibility index (Phi) is 4.00. The van der Waals surface area contributed by atoms with Crippen LogP contribution >= 0.6 is 0 Å². The summed E-state index contributed by atoms with van der Waals surface area (Å²) in [5, 5.41) is 2.75. The predicted octanol–water partition coefficient (Wildman–Crippen LogP) is 1.70. The van der Waals surface area contributed by atoms with E-state index >= 15 is 0 Å². The third-order valence-corrected chi connectivity index (χ3v) is 3.09. The number of hydrogen-bond acceptors (Lipinski definition) is 3. The van der Waals surface area contributed by atoms with E-state index in [4.69, 9.17) is 5.73 Å². The van der Waals surface area contributed by atoms with Gasteiger partial charge in [-0.3, -0.25) is 9.59 Å². The van der Waals surface area contributed by atoms with Gasteiger partial charge in [0.2, 0.25) is 0 Å². The van der Waals surface area contributed by atoms with Gasteiger partial charge >= 0.3 is 0 Å². The Hall–Kier alpha value is -2.40. The molecule has 5 nitrogen and oxygen atoms in total. The molecule has 0 aliphatic heterocycles.